The second-order valence-electron chi connectivity index (χ2n) is 5.48. The van der Waals surface area contributed by atoms with Gasteiger partial charge in [-0.1, -0.05) is 0 Å². The molecule has 0 aliphatic carbocycles. The van der Waals surface area contributed by atoms with E-state index in [0.717, 1.165) is 0 Å². The molecule has 2 rings (SSSR count). The van der Waals surface area contributed by atoms with E-state index in [1.807, 2.05) is 4.90 Å². The number of amides is 1. The SMILES string of the molecule is CN(C)S(=O)(=O)N1CCCN(CC(=O)Nc2cccnn2)CC1. The van der Waals surface area contributed by atoms with Crippen LogP contribution in [-0.4, -0.2) is 84.9 Å². The molecule has 10 heteroatoms. The van der Waals surface area contributed by atoms with Gasteiger partial charge in [0, 0.05) is 39.9 Å². The summed E-state index contributed by atoms with van der Waals surface area (Å²) in [5.41, 5.74) is 0. The lowest BCUT2D eigenvalue weighted by Gasteiger charge is -2.24. The third-order valence-corrected chi connectivity index (χ3v) is 5.48. The lowest BCUT2D eigenvalue weighted by atomic mass is 10.4. The fourth-order valence-corrected chi connectivity index (χ4v) is 3.45. The van der Waals surface area contributed by atoms with E-state index in [1.54, 1.807) is 12.1 Å². The van der Waals surface area contributed by atoms with Gasteiger partial charge in [0.15, 0.2) is 5.82 Å². The van der Waals surface area contributed by atoms with Crippen molar-refractivity contribution in [2.45, 2.75) is 6.42 Å². The molecule has 0 aromatic carbocycles. The first-order chi connectivity index (χ1) is 10.9. The van der Waals surface area contributed by atoms with Crippen LogP contribution in [-0.2, 0) is 15.0 Å². The first-order valence-electron chi connectivity index (χ1n) is 7.37. The van der Waals surface area contributed by atoms with E-state index in [-0.39, 0.29) is 12.5 Å². The molecule has 1 saturated heterocycles. The number of carbonyl (C=O) groups excluding carboxylic acids is 1. The normalized spacial score (nSPS) is 17.9. The quantitative estimate of drug-likeness (QED) is 0.754. The Labute approximate surface area is 136 Å². The number of rotatable bonds is 5. The van der Waals surface area contributed by atoms with Crippen LogP contribution >= 0.6 is 0 Å². The highest BCUT2D eigenvalue weighted by Crippen LogP contribution is 2.10. The second kappa shape index (κ2) is 7.77. The summed E-state index contributed by atoms with van der Waals surface area (Å²) in [6.45, 7) is 2.22. The third kappa shape index (κ3) is 4.93. The zero-order chi connectivity index (χ0) is 16.9. The minimum atomic E-state index is -3.40. The summed E-state index contributed by atoms with van der Waals surface area (Å²) in [6, 6.07) is 3.36. The van der Waals surface area contributed by atoms with Crippen molar-refractivity contribution in [2.75, 3.05) is 52.1 Å². The fraction of sp³-hybridized carbons (Fsp3) is 0.615. The Hall–Kier alpha value is -1.62. The molecule has 2 heterocycles. The highest BCUT2D eigenvalue weighted by molar-refractivity contribution is 7.86. The zero-order valence-corrected chi connectivity index (χ0v) is 14.2. The van der Waals surface area contributed by atoms with Crippen LogP contribution in [0, 0.1) is 0 Å². The molecule has 128 valence electrons. The van der Waals surface area contributed by atoms with E-state index < -0.39 is 10.2 Å². The Morgan fingerprint density at radius 3 is 2.74 bits per heavy atom. The van der Waals surface area contributed by atoms with Crippen molar-refractivity contribution in [3.63, 3.8) is 0 Å². The summed E-state index contributed by atoms with van der Waals surface area (Å²) in [4.78, 5) is 14.0. The number of nitrogens with one attached hydrogen (secondary N) is 1. The summed E-state index contributed by atoms with van der Waals surface area (Å²) in [6.07, 6.45) is 2.22. The van der Waals surface area contributed by atoms with Crippen LogP contribution in [0.5, 0.6) is 0 Å². The van der Waals surface area contributed by atoms with Crippen LogP contribution < -0.4 is 5.32 Å². The van der Waals surface area contributed by atoms with Gasteiger partial charge in [-0.15, -0.1) is 5.10 Å². The summed E-state index contributed by atoms with van der Waals surface area (Å²) >= 11 is 0. The minimum Gasteiger partial charge on any atom is -0.308 e. The smallest absolute Gasteiger partial charge is 0.281 e. The molecule has 23 heavy (non-hydrogen) atoms. The van der Waals surface area contributed by atoms with Gasteiger partial charge in [0.25, 0.3) is 10.2 Å². The second-order valence-corrected chi connectivity index (χ2v) is 7.62. The predicted octanol–water partition coefficient (Wildman–Crippen LogP) is -0.771. The van der Waals surface area contributed by atoms with Crippen LogP contribution in [0.2, 0.25) is 0 Å². The van der Waals surface area contributed by atoms with Gasteiger partial charge in [-0.3, -0.25) is 9.69 Å². The van der Waals surface area contributed by atoms with Crippen molar-refractivity contribution in [3.05, 3.63) is 18.3 Å². The largest absolute Gasteiger partial charge is 0.308 e. The Bertz CT molecular complexity index is 622. The predicted molar refractivity (Wildman–Crippen MR) is 85.9 cm³/mol. The summed E-state index contributed by atoms with van der Waals surface area (Å²) in [7, 11) is -0.362. The van der Waals surface area contributed by atoms with Crippen molar-refractivity contribution in [3.8, 4) is 0 Å². The van der Waals surface area contributed by atoms with Crippen LogP contribution in [0.15, 0.2) is 18.3 Å². The molecular formula is C13H22N6O3S. The number of carbonyl (C=O) groups is 1. The molecule has 1 aromatic rings. The number of hydrogen-bond acceptors (Lipinski definition) is 6. The van der Waals surface area contributed by atoms with E-state index in [1.165, 1.54) is 28.9 Å². The molecule has 9 nitrogen and oxygen atoms in total. The van der Waals surface area contributed by atoms with Gasteiger partial charge in [-0.05, 0) is 25.1 Å². The Kier molecular flexibility index (Phi) is 5.99. The molecule has 0 radical (unpaired) electrons. The third-order valence-electron chi connectivity index (χ3n) is 3.54. The summed E-state index contributed by atoms with van der Waals surface area (Å²) in [5, 5.41) is 10.2. The fourth-order valence-electron chi connectivity index (χ4n) is 2.32. The van der Waals surface area contributed by atoms with Gasteiger partial charge in [0.1, 0.15) is 0 Å². The molecule has 1 aliphatic rings. The first kappa shape index (κ1) is 17.7. The molecule has 0 saturated carbocycles. The molecular weight excluding hydrogens is 320 g/mol. The van der Waals surface area contributed by atoms with E-state index >= 15 is 0 Å². The summed E-state index contributed by atoms with van der Waals surface area (Å²) < 4.78 is 27.0. The van der Waals surface area contributed by atoms with Crippen LogP contribution in [0.4, 0.5) is 5.82 Å². The van der Waals surface area contributed by atoms with Crippen LogP contribution in [0.1, 0.15) is 6.42 Å². The van der Waals surface area contributed by atoms with Gasteiger partial charge in [-0.2, -0.15) is 22.1 Å². The number of aromatic nitrogens is 2. The Balaban J connectivity index is 1.87. The Morgan fingerprint density at radius 1 is 1.30 bits per heavy atom. The Morgan fingerprint density at radius 2 is 2.09 bits per heavy atom. The maximum absolute atomic E-state index is 12.1. The molecule has 0 unspecified atom stereocenters. The van der Waals surface area contributed by atoms with Crippen LogP contribution in [0.3, 0.4) is 0 Å². The topological polar surface area (TPSA) is 98.7 Å². The number of nitrogens with zero attached hydrogens (tertiary/aromatic N) is 5. The van der Waals surface area contributed by atoms with E-state index in [2.05, 4.69) is 15.5 Å². The van der Waals surface area contributed by atoms with Gasteiger partial charge in [0.05, 0.1) is 6.54 Å². The van der Waals surface area contributed by atoms with Gasteiger partial charge < -0.3 is 5.32 Å². The maximum atomic E-state index is 12.1. The van der Waals surface area contributed by atoms with Crippen molar-refractivity contribution in [1.29, 1.82) is 0 Å². The van der Waals surface area contributed by atoms with Gasteiger partial charge in [-0.25, -0.2) is 0 Å². The van der Waals surface area contributed by atoms with E-state index in [0.29, 0.717) is 38.4 Å². The lowest BCUT2D eigenvalue weighted by Crippen LogP contribution is -2.42. The molecule has 1 fully saturated rings. The van der Waals surface area contributed by atoms with E-state index in [4.69, 9.17) is 0 Å². The van der Waals surface area contributed by atoms with E-state index in [9.17, 15) is 13.2 Å². The zero-order valence-electron chi connectivity index (χ0n) is 13.3. The van der Waals surface area contributed by atoms with Gasteiger partial charge >= 0.3 is 0 Å². The average molecular weight is 342 g/mol. The van der Waals surface area contributed by atoms with Crippen LogP contribution in [0.25, 0.3) is 0 Å². The molecule has 0 spiro atoms. The maximum Gasteiger partial charge on any atom is 0.281 e. The number of anilines is 1. The lowest BCUT2D eigenvalue weighted by molar-refractivity contribution is -0.117. The molecule has 1 N–H and O–H groups in total. The molecule has 1 amide bonds. The first-order valence-corrected chi connectivity index (χ1v) is 8.77. The highest BCUT2D eigenvalue weighted by Gasteiger charge is 2.27. The van der Waals surface area contributed by atoms with Gasteiger partial charge in [0.2, 0.25) is 5.91 Å². The van der Waals surface area contributed by atoms with Crippen molar-refractivity contribution >= 4 is 21.9 Å². The molecule has 1 aliphatic heterocycles. The van der Waals surface area contributed by atoms with Crippen molar-refractivity contribution in [1.82, 2.24) is 23.7 Å². The monoisotopic (exact) mass is 342 g/mol. The van der Waals surface area contributed by atoms with Crippen molar-refractivity contribution in [2.24, 2.45) is 0 Å². The average Bonchev–Trinajstić information content (AvgIpc) is 2.74. The highest BCUT2D eigenvalue weighted by atomic mass is 32.2. The minimum absolute atomic E-state index is 0.186. The molecule has 0 atom stereocenters. The standard InChI is InChI=1S/C13H22N6O3S/c1-17(2)23(21,22)19-8-4-7-18(9-10-19)11-13(20)15-12-5-3-6-14-16-12/h3,5-6H,4,7-11H2,1-2H3,(H,15,16,20). The molecule has 0 bridgehead atoms. The number of hydrogen-bond donors (Lipinski definition) is 1. The summed E-state index contributed by atoms with van der Waals surface area (Å²) in [5.74, 6) is 0.221. The molecule has 1 aromatic heterocycles. The van der Waals surface area contributed by atoms with Crippen molar-refractivity contribution < 1.29 is 13.2 Å².